The maximum absolute atomic E-state index is 12.5. The first-order valence-electron chi connectivity index (χ1n) is 11.4. The molecule has 10 heteroatoms. The summed E-state index contributed by atoms with van der Waals surface area (Å²) in [5.74, 6) is -1.55. The molecule has 0 bridgehead atoms. The summed E-state index contributed by atoms with van der Waals surface area (Å²) in [6, 6.07) is 3.52. The van der Waals surface area contributed by atoms with Crippen molar-refractivity contribution >= 4 is 24.1 Å². The number of nitrogens with two attached hydrogens (primary N) is 1. The van der Waals surface area contributed by atoms with Crippen molar-refractivity contribution in [2.24, 2.45) is 5.73 Å². The minimum atomic E-state index is -1.04. The molecule has 1 unspecified atom stereocenters. The molecular weight excluding hydrogens is 446 g/mol. The van der Waals surface area contributed by atoms with Gasteiger partial charge in [-0.3, -0.25) is 14.4 Å². The van der Waals surface area contributed by atoms with Gasteiger partial charge >= 0.3 is 24.1 Å². The number of hydrogen-bond donors (Lipinski definition) is 1. The summed E-state index contributed by atoms with van der Waals surface area (Å²) in [5.41, 5.74) is 6.56. The van der Waals surface area contributed by atoms with E-state index in [0.717, 1.165) is 0 Å². The molecule has 0 saturated carbocycles. The Bertz CT molecular complexity index is 855. The van der Waals surface area contributed by atoms with Gasteiger partial charge in [0, 0.05) is 12.8 Å². The molecule has 10 nitrogen and oxygen atoms in total. The van der Waals surface area contributed by atoms with Gasteiger partial charge in [0.1, 0.15) is 24.4 Å². The van der Waals surface area contributed by atoms with Gasteiger partial charge in [0.15, 0.2) is 11.5 Å². The van der Waals surface area contributed by atoms with Gasteiger partial charge in [-0.25, -0.2) is 4.79 Å². The van der Waals surface area contributed by atoms with Crippen molar-refractivity contribution in [1.82, 2.24) is 0 Å². The monoisotopic (exact) mass is 481 g/mol. The minimum absolute atomic E-state index is 0.0573. The van der Waals surface area contributed by atoms with E-state index in [1.54, 1.807) is 40.7 Å². The largest absolute Gasteiger partial charge is 0.508 e. The number of carbonyl (C=O) groups is 4. The molecule has 0 spiro atoms. The first-order valence-corrected chi connectivity index (χ1v) is 11.4. The summed E-state index contributed by atoms with van der Waals surface area (Å²) < 4.78 is 26.0. The number of ether oxygens (including phenoxy) is 5. The molecular formula is C24H35NO9. The lowest BCUT2D eigenvalue weighted by Gasteiger charge is -2.23. The van der Waals surface area contributed by atoms with Crippen molar-refractivity contribution in [3.8, 4) is 11.5 Å². The SMILES string of the molecule is CCC(=O)Oc1ccc(C[C@H](N)C(=O)O[C@@H](C)[C@H](C)OC(=O)OC(C)CC)cc1OC(=O)CC. The molecule has 0 saturated heterocycles. The normalized spacial score (nSPS) is 14.2. The Balaban J connectivity index is 2.79. The number of rotatable bonds is 12. The zero-order chi connectivity index (χ0) is 25.8. The third kappa shape index (κ3) is 9.78. The average Bonchev–Trinajstić information content (AvgIpc) is 2.79. The molecule has 1 aromatic carbocycles. The van der Waals surface area contributed by atoms with Crippen molar-refractivity contribution < 1.29 is 42.9 Å². The third-order valence-electron chi connectivity index (χ3n) is 4.91. The van der Waals surface area contributed by atoms with Gasteiger partial charge in [-0.1, -0.05) is 26.8 Å². The Morgan fingerprint density at radius 1 is 0.824 bits per heavy atom. The molecule has 0 aliphatic carbocycles. The molecule has 1 rings (SSSR count). The van der Waals surface area contributed by atoms with Crippen molar-refractivity contribution in [2.45, 2.75) is 91.6 Å². The van der Waals surface area contributed by atoms with Gasteiger partial charge in [0.25, 0.3) is 0 Å². The van der Waals surface area contributed by atoms with Crippen molar-refractivity contribution in [3.63, 3.8) is 0 Å². The topological polar surface area (TPSA) is 140 Å². The fourth-order valence-corrected chi connectivity index (χ4v) is 2.46. The van der Waals surface area contributed by atoms with Crippen molar-refractivity contribution in [2.75, 3.05) is 0 Å². The highest BCUT2D eigenvalue weighted by atomic mass is 16.7. The summed E-state index contributed by atoms with van der Waals surface area (Å²) in [6.07, 6.45) is -1.66. The van der Waals surface area contributed by atoms with E-state index in [1.165, 1.54) is 12.1 Å². The predicted molar refractivity (Wildman–Crippen MR) is 122 cm³/mol. The van der Waals surface area contributed by atoms with E-state index >= 15 is 0 Å². The minimum Gasteiger partial charge on any atom is -0.458 e. The molecule has 0 fully saturated rings. The van der Waals surface area contributed by atoms with Crippen molar-refractivity contribution in [1.29, 1.82) is 0 Å². The highest BCUT2D eigenvalue weighted by Crippen LogP contribution is 2.30. The van der Waals surface area contributed by atoms with Crippen LogP contribution in [-0.4, -0.2) is 48.4 Å². The molecule has 0 aromatic heterocycles. The molecule has 190 valence electrons. The van der Waals surface area contributed by atoms with E-state index < -0.39 is 42.3 Å². The van der Waals surface area contributed by atoms with Crippen molar-refractivity contribution in [3.05, 3.63) is 23.8 Å². The van der Waals surface area contributed by atoms with Gasteiger partial charge in [-0.05, 0) is 51.3 Å². The summed E-state index contributed by atoms with van der Waals surface area (Å²) in [7, 11) is 0. The van der Waals surface area contributed by atoms with Crippen LogP contribution < -0.4 is 15.2 Å². The van der Waals surface area contributed by atoms with Crippen LogP contribution in [0.3, 0.4) is 0 Å². The second-order valence-corrected chi connectivity index (χ2v) is 7.80. The molecule has 2 N–H and O–H groups in total. The summed E-state index contributed by atoms with van der Waals surface area (Å²) in [4.78, 5) is 47.6. The lowest BCUT2D eigenvalue weighted by atomic mass is 10.1. The van der Waals surface area contributed by atoms with Crippen LogP contribution >= 0.6 is 0 Å². The lowest BCUT2D eigenvalue weighted by Crippen LogP contribution is -2.39. The Kier molecular flexibility index (Phi) is 12.1. The van der Waals surface area contributed by atoms with Crippen LogP contribution in [0.15, 0.2) is 18.2 Å². The number of benzene rings is 1. The highest BCUT2D eigenvalue weighted by molar-refractivity contribution is 5.77. The Labute approximate surface area is 200 Å². The summed E-state index contributed by atoms with van der Waals surface area (Å²) >= 11 is 0. The van der Waals surface area contributed by atoms with Crippen LogP contribution in [0.25, 0.3) is 0 Å². The zero-order valence-corrected chi connectivity index (χ0v) is 20.6. The summed E-state index contributed by atoms with van der Waals surface area (Å²) in [5, 5.41) is 0. The molecule has 34 heavy (non-hydrogen) atoms. The van der Waals surface area contributed by atoms with Crippen LogP contribution in [0, 0.1) is 0 Å². The number of hydrogen-bond acceptors (Lipinski definition) is 10. The first-order chi connectivity index (χ1) is 16.0. The molecule has 0 amide bonds. The second-order valence-electron chi connectivity index (χ2n) is 7.80. The molecule has 4 atom stereocenters. The molecule has 0 aliphatic heterocycles. The summed E-state index contributed by atoms with van der Waals surface area (Å²) in [6.45, 7) is 10.0. The van der Waals surface area contributed by atoms with E-state index in [2.05, 4.69) is 0 Å². The van der Waals surface area contributed by atoms with Crippen LogP contribution in [0.2, 0.25) is 0 Å². The Morgan fingerprint density at radius 3 is 1.94 bits per heavy atom. The molecule has 1 aromatic rings. The molecule has 0 heterocycles. The fraction of sp³-hybridized carbons (Fsp3) is 0.583. The van der Waals surface area contributed by atoms with Gasteiger partial charge < -0.3 is 29.4 Å². The van der Waals surface area contributed by atoms with E-state index in [4.69, 9.17) is 29.4 Å². The molecule has 0 radical (unpaired) electrons. The van der Waals surface area contributed by atoms with Gasteiger partial charge in [-0.15, -0.1) is 0 Å². The van der Waals surface area contributed by atoms with E-state index in [1.807, 2.05) is 6.92 Å². The van der Waals surface area contributed by atoms with Crippen LogP contribution in [-0.2, 0) is 35.0 Å². The first kappa shape index (κ1) is 28.9. The fourth-order valence-electron chi connectivity index (χ4n) is 2.46. The van der Waals surface area contributed by atoms with Gasteiger partial charge in [0.2, 0.25) is 0 Å². The van der Waals surface area contributed by atoms with Crippen LogP contribution in [0.4, 0.5) is 4.79 Å². The zero-order valence-electron chi connectivity index (χ0n) is 20.6. The Hall–Kier alpha value is -3.14. The maximum atomic E-state index is 12.5. The van der Waals surface area contributed by atoms with E-state index in [-0.39, 0.29) is 36.9 Å². The van der Waals surface area contributed by atoms with Crippen LogP contribution in [0.1, 0.15) is 66.4 Å². The van der Waals surface area contributed by atoms with Crippen LogP contribution in [0.5, 0.6) is 11.5 Å². The highest BCUT2D eigenvalue weighted by Gasteiger charge is 2.25. The molecule has 0 aliphatic rings. The Morgan fingerprint density at radius 2 is 1.38 bits per heavy atom. The van der Waals surface area contributed by atoms with Gasteiger partial charge in [-0.2, -0.15) is 0 Å². The smallest absolute Gasteiger partial charge is 0.458 e. The third-order valence-corrected chi connectivity index (χ3v) is 4.91. The maximum Gasteiger partial charge on any atom is 0.508 e. The second kappa shape index (κ2) is 14.2. The standard InChI is InChI=1S/C24H35NO9/c1-7-14(4)30-24(29)32-16(6)15(5)31-23(28)18(25)12-17-10-11-19(33-21(26)8-2)20(13-17)34-22(27)9-3/h10-11,13-16,18H,7-9,12,25H2,1-6H3/t14?,15-,16-,18-/m0/s1. The lowest BCUT2D eigenvalue weighted by molar-refractivity contribution is -0.155. The van der Waals surface area contributed by atoms with E-state index in [0.29, 0.717) is 12.0 Å². The predicted octanol–water partition coefficient (Wildman–Crippen LogP) is 3.46. The average molecular weight is 482 g/mol. The van der Waals surface area contributed by atoms with E-state index in [9.17, 15) is 19.2 Å². The van der Waals surface area contributed by atoms with Gasteiger partial charge in [0.05, 0.1) is 0 Å². The quantitative estimate of drug-likeness (QED) is 0.348. The number of carbonyl (C=O) groups excluding carboxylic acids is 4. The number of esters is 3.